The van der Waals surface area contributed by atoms with Gasteiger partial charge in [0.15, 0.2) is 0 Å². The van der Waals surface area contributed by atoms with Crippen molar-refractivity contribution in [3.63, 3.8) is 0 Å². The minimum atomic E-state index is -3.76. The zero-order chi connectivity index (χ0) is 25.5. The van der Waals surface area contributed by atoms with Crippen molar-refractivity contribution >= 4 is 39.1 Å². The van der Waals surface area contributed by atoms with Gasteiger partial charge in [-0.3, -0.25) is 13.9 Å². The summed E-state index contributed by atoms with van der Waals surface area (Å²) >= 11 is 5.99. The molecule has 2 amide bonds. The number of unbranched alkanes of at least 4 members (excludes halogenated alkanes) is 1. The van der Waals surface area contributed by atoms with Gasteiger partial charge in [0.1, 0.15) is 12.6 Å². The molecule has 186 valence electrons. The fraction of sp³-hybridized carbons (Fsp3) is 0.440. The molecule has 2 aromatic rings. The molecule has 1 atom stereocenters. The van der Waals surface area contributed by atoms with Gasteiger partial charge in [0, 0.05) is 18.1 Å². The Labute approximate surface area is 208 Å². The molecule has 0 heterocycles. The molecule has 0 unspecified atom stereocenters. The molecule has 0 saturated heterocycles. The number of amides is 2. The number of nitrogens with zero attached hydrogens (tertiary/aromatic N) is 2. The molecule has 0 aromatic heterocycles. The number of carbonyl (C=O) groups excluding carboxylic acids is 2. The fourth-order valence-electron chi connectivity index (χ4n) is 3.49. The van der Waals surface area contributed by atoms with Gasteiger partial charge in [0.05, 0.1) is 11.9 Å². The largest absolute Gasteiger partial charge is 0.354 e. The van der Waals surface area contributed by atoms with E-state index in [-0.39, 0.29) is 12.5 Å². The first-order valence-electron chi connectivity index (χ1n) is 11.3. The van der Waals surface area contributed by atoms with Crippen LogP contribution in [0.5, 0.6) is 0 Å². The number of hydrogen-bond donors (Lipinski definition) is 1. The lowest BCUT2D eigenvalue weighted by molar-refractivity contribution is -0.139. The molecule has 1 N–H and O–H groups in total. The zero-order valence-electron chi connectivity index (χ0n) is 20.5. The van der Waals surface area contributed by atoms with Crippen molar-refractivity contribution in [3.8, 4) is 0 Å². The van der Waals surface area contributed by atoms with Crippen molar-refractivity contribution in [2.45, 2.75) is 53.1 Å². The summed E-state index contributed by atoms with van der Waals surface area (Å²) in [6.45, 7) is 7.58. The van der Waals surface area contributed by atoms with Crippen LogP contribution in [0.4, 0.5) is 5.69 Å². The maximum absolute atomic E-state index is 13.5. The molecular formula is C25H34ClN3O4S. The van der Waals surface area contributed by atoms with Gasteiger partial charge >= 0.3 is 0 Å². The maximum atomic E-state index is 13.5. The maximum Gasteiger partial charge on any atom is 0.244 e. The number of hydrogen-bond acceptors (Lipinski definition) is 4. The fourth-order valence-corrected chi connectivity index (χ4v) is 4.51. The molecule has 0 saturated carbocycles. The predicted octanol–water partition coefficient (Wildman–Crippen LogP) is 4.06. The first kappa shape index (κ1) is 27.7. The molecule has 0 spiro atoms. The van der Waals surface area contributed by atoms with Gasteiger partial charge in [-0.15, -0.1) is 0 Å². The predicted molar refractivity (Wildman–Crippen MR) is 137 cm³/mol. The van der Waals surface area contributed by atoms with Crippen LogP contribution in [0, 0.1) is 13.8 Å². The van der Waals surface area contributed by atoms with E-state index in [4.69, 9.17) is 11.6 Å². The Balaban J connectivity index is 2.38. The van der Waals surface area contributed by atoms with Crippen LogP contribution in [0.25, 0.3) is 0 Å². The average Bonchev–Trinajstić information content (AvgIpc) is 2.77. The lowest BCUT2D eigenvalue weighted by Gasteiger charge is -2.32. The van der Waals surface area contributed by atoms with Crippen molar-refractivity contribution in [1.29, 1.82) is 0 Å². The molecule has 2 rings (SSSR count). The highest BCUT2D eigenvalue weighted by molar-refractivity contribution is 7.92. The number of carbonyl (C=O) groups is 2. The van der Waals surface area contributed by atoms with Gasteiger partial charge in [-0.2, -0.15) is 0 Å². The highest BCUT2D eigenvalue weighted by Gasteiger charge is 2.30. The van der Waals surface area contributed by atoms with Gasteiger partial charge in [0.25, 0.3) is 0 Å². The summed E-state index contributed by atoms with van der Waals surface area (Å²) < 4.78 is 26.5. The molecule has 2 aromatic carbocycles. The van der Waals surface area contributed by atoms with E-state index in [9.17, 15) is 18.0 Å². The molecule has 0 aliphatic carbocycles. The van der Waals surface area contributed by atoms with Crippen molar-refractivity contribution in [1.82, 2.24) is 10.2 Å². The van der Waals surface area contributed by atoms with Gasteiger partial charge < -0.3 is 10.2 Å². The third-order valence-electron chi connectivity index (χ3n) is 5.58. The Morgan fingerprint density at radius 3 is 2.32 bits per heavy atom. The molecule has 34 heavy (non-hydrogen) atoms. The monoisotopic (exact) mass is 507 g/mol. The Morgan fingerprint density at radius 2 is 1.74 bits per heavy atom. The standard InChI is InChI=1S/C25H34ClN3O4S/c1-6-7-14-27-25(31)20(4)28(16-21-10-12-22(26)13-11-21)24(30)17-29(34(5,32)33)23-15-18(2)8-9-19(23)3/h8-13,15,20H,6-7,14,16-17H2,1-5H3,(H,27,31)/t20-/m1/s1. The van der Waals surface area contributed by atoms with Crippen LogP contribution in [0.1, 0.15) is 43.4 Å². The minimum absolute atomic E-state index is 0.142. The van der Waals surface area contributed by atoms with Crippen molar-refractivity contribution in [2.75, 3.05) is 23.7 Å². The second-order valence-electron chi connectivity index (χ2n) is 8.53. The molecule has 7 nitrogen and oxygen atoms in total. The van der Waals surface area contributed by atoms with Crippen LogP contribution in [0.3, 0.4) is 0 Å². The molecule has 9 heteroatoms. The number of nitrogens with one attached hydrogen (secondary N) is 1. The second-order valence-corrected chi connectivity index (χ2v) is 10.9. The van der Waals surface area contributed by atoms with Gasteiger partial charge in [-0.25, -0.2) is 8.42 Å². The summed E-state index contributed by atoms with van der Waals surface area (Å²) in [7, 11) is -3.76. The summed E-state index contributed by atoms with van der Waals surface area (Å²) in [5.41, 5.74) is 2.84. The Kier molecular flexibility index (Phi) is 9.94. The van der Waals surface area contributed by atoms with E-state index in [1.54, 1.807) is 44.2 Å². The van der Waals surface area contributed by atoms with E-state index in [2.05, 4.69) is 5.32 Å². The third kappa shape index (κ3) is 7.74. The van der Waals surface area contributed by atoms with E-state index in [0.29, 0.717) is 17.3 Å². The second kappa shape index (κ2) is 12.2. The molecule has 0 bridgehead atoms. The highest BCUT2D eigenvalue weighted by atomic mass is 35.5. The summed E-state index contributed by atoms with van der Waals surface area (Å²) in [4.78, 5) is 27.7. The summed E-state index contributed by atoms with van der Waals surface area (Å²) in [6, 6.07) is 11.6. The number of rotatable bonds is 11. The van der Waals surface area contributed by atoms with E-state index >= 15 is 0 Å². The van der Waals surface area contributed by atoms with Crippen LogP contribution < -0.4 is 9.62 Å². The van der Waals surface area contributed by atoms with E-state index in [1.165, 1.54) is 4.90 Å². The number of anilines is 1. The Bertz CT molecular complexity index is 1100. The Morgan fingerprint density at radius 1 is 1.09 bits per heavy atom. The van der Waals surface area contributed by atoms with Crippen LogP contribution in [0.2, 0.25) is 5.02 Å². The van der Waals surface area contributed by atoms with E-state index < -0.39 is 28.5 Å². The minimum Gasteiger partial charge on any atom is -0.354 e. The number of benzene rings is 2. The van der Waals surface area contributed by atoms with E-state index in [1.807, 2.05) is 26.0 Å². The molecular weight excluding hydrogens is 474 g/mol. The zero-order valence-corrected chi connectivity index (χ0v) is 22.0. The van der Waals surface area contributed by atoms with Gasteiger partial charge in [0.2, 0.25) is 21.8 Å². The van der Waals surface area contributed by atoms with Crippen molar-refractivity contribution in [3.05, 3.63) is 64.2 Å². The molecule has 0 fully saturated rings. The van der Waals surface area contributed by atoms with E-state index in [0.717, 1.165) is 40.1 Å². The van der Waals surface area contributed by atoms with Crippen LogP contribution in [-0.4, -0.2) is 50.5 Å². The average molecular weight is 508 g/mol. The van der Waals surface area contributed by atoms with Gasteiger partial charge in [-0.1, -0.05) is 49.2 Å². The molecule has 0 aliphatic heterocycles. The lowest BCUT2D eigenvalue weighted by atomic mass is 10.1. The topological polar surface area (TPSA) is 86.8 Å². The highest BCUT2D eigenvalue weighted by Crippen LogP contribution is 2.24. The lowest BCUT2D eigenvalue weighted by Crippen LogP contribution is -2.51. The normalized spacial score (nSPS) is 12.2. The smallest absolute Gasteiger partial charge is 0.244 e. The molecule has 0 radical (unpaired) electrons. The number of aryl methyl sites for hydroxylation is 2. The van der Waals surface area contributed by atoms with Crippen molar-refractivity contribution in [2.24, 2.45) is 0 Å². The summed E-state index contributed by atoms with van der Waals surface area (Å²) in [5.74, 6) is -0.757. The summed E-state index contributed by atoms with van der Waals surface area (Å²) in [5, 5.41) is 3.42. The van der Waals surface area contributed by atoms with Gasteiger partial charge in [-0.05, 0) is 62.1 Å². The first-order valence-corrected chi connectivity index (χ1v) is 13.5. The first-order chi connectivity index (χ1) is 15.9. The van der Waals surface area contributed by atoms with Crippen LogP contribution in [0.15, 0.2) is 42.5 Å². The Hall–Kier alpha value is -2.58. The summed E-state index contributed by atoms with van der Waals surface area (Å²) in [6.07, 6.45) is 2.84. The molecule has 0 aliphatic rings. The third-order valence-corrected chi connectivity index (χ3v) is 6.95. The van der Waals surface area contributed by atoms with Crippen molar-refractivity contribution < 1.29 is 18.0 Å². The van der Waals surface area contributed by atoms with Crippen LogP contribution in [-0.2, 0) is 26.2 Å². The number of sulfonamides is 1. The van der Waals surface area contributed by atoms with Crippen LogP contribution >= 0.6 is 11.6 Å². The quantitative estimate of drug-likeness (QED) is 0.465. The number of halogens is 1. The SMILES string of the molecule is CCCCNC(=O)[C@@H](C)N(Cc1ccc(Cl)cc1)C(=O)CN(c1cc(C)ccc1C)S(C)(=O)=O.